The second kappa shape index (κ2) is 12.7. The average molecular weight is 1300 g/mol. The van der Waals surface area contributed by atoms with Gasteiger partial charge in [0.05, 0.1) is 115 Å². The molecule has 24 aromatic rings. The van der Waals surface area contributed by atoms with Gasteiger partial charge in [-0.25, -0.2) is 9.59 Å². The molecule has 12 nitrogen and oxygen atoms in total. The Hall–Kier alpha value is -8.98. The highest BCUT2D eigenvalue weighted by Crippen LogP contribution is 2.90. The normalized spacial score (nSPS) is 26.4. The molecule has 0 bridgehead atoms. The summed E-state index contributed by atoms with van der Waals surface area (Å²) in [7, 11) is 5.35. The van der Waals surface area contributed by atoms with Gasteiger partial charge in [0.25, 0.3) is 0 Å². The number of nitrogens with zero attached hydrogens (tertiary/aromatic N) is 2. The lowest BCUT2D eigenvalue weighted by Crippen LogP contribution is -2.51. The number of quaternary nitrogens is 2. The summed E-state index contributed by atoms with van der Waals surface area (Å²) in [6.07, 6.45) is -0.831. The largest absolute Gasteiger partial charge is 0.444 e. The van der Waals surface area contributed by atoms with E-state index in [-0.39, 0.29) is 21.7 Å². The minimum Gasteiger partial charge on any atom is -0.444 e. The van der Waals surface area contributed by atoms with Gasteiger partial charge in [-0.2, -0.15) is 0 Å². The number of hydrogen-bond donors (Lipinski definition) is 2. The molecule has 2 N–H and O–H groups in total. The molecule has 0 radical (unpaired) electrons. The fourth-order valence-corrected chi connectivity index (χ4v) is 30.8. The fourth-order valence-electron chi connectivity index (χ4n) is 30.8. The van der Waals surface area contributed by atoms with E-state index in [2.05, 4.69) is 24.7 Å². The smallest absolute Gasteiger partial charge is 0.407 e. The quantitative estimate of drug-likeness (QED) is 0.0496. The van der Waals surface area contributed by atoms with Crippen molar-refractivity contribution in [3.05, 3.63) is 44.5 Å². The molecule has 0 aromatic heterocycles. The Morgan fingerprint density at radius 1 is 0.280 bits per heavy atom. The maximum atomic E-state index is 12.5. The van der Waals surface area contributed by atoms with Gasteiger partial charge in [0.15, 0.2) is 0 Å². The number of hydrogen-bond acceptors (Lipinski definition) is 8. The Kier molecular flexibility index (Phi) is 6.19. The van der Waals surface area contributed by atoms with Crippen LogP contribution in [0.25, 0.3) is 259 Å². The molecular formula is C88H58N4O8+2. The van der Waals surface area contributed by atoms with E-state index in [9.17, 15) is 9.59 Å². The standard InChI is InChI=1S/C88H56N4O8/c1-83(2,3)99-81(93)89-9-13-95-17-19-97-15-11-91(7)21-85-73-59-49-38-29-25-26-28-33-27(25)34-31-36(29)44(49)55-47-40(31)51-42(34)53-46(33)54-43-35(28)32-37-30(26)39(38)50-45(37)56-48-41(32)52(43)64-68-58(48)70(66(56)74(85)60(50)59)80-72-71-77-67(57(47)69(65(55)73)79(71)88(80,85)24-91)63(51)75-61(53)62(54)76(64)87(78(68)72)23-92(8,22-86(75,77)87)12-16-98-20-18-96-14-10-90-82(94)100-84(4,5)6/h9-24H2,1-8H3/p+2. The van der Waals surface area contributed by atoms with E-state index in [1.807, 2.05) is 41.5 Å². The van der Waals surface area contributed by atoms with Crippen LogP contribution in [0.5, 0.6) is 0 Å². The van der Waals surface area contributed by atoms with Crippen molar-refractivity contribution in [2.45, 2.75) is 74.4 Å². The van der Waals surface area contributed by atoms with Crippen molar-refractivity contribution in [2.75, 3.05) is 119 Å². The van der Waals surface area contributed by atoms with Gasteiger partial charge in [0.1, 0.15) is 24.3 Å². The van der Waals surface area contributed by atoms with Crippen LogP contribution in [-0.4, -0.2) is 152 Å². The van der Waals surface area contributed by atoms with Crippen LogP contribution in [0.2, 0.25) is 0 Å². The van der Waals surface area contributed by atoms with Gasteiger partial charge in [0.2, 0.25) is 0 Å². The second-order valence-corrected chi connectivity index (χ2v) is 37.2. The summed E-state index contributed by atoms with van der Waals surface area (Å²) in [4.78, 5) is 25.0. The lowest BCUT2D eigenvalue weighted by Gasteiger charge is -2.48. The van der Waals surface area contributed by atoms with E-state index in [0.717, 1.165) is 48.2 Å². The lowest BCUT2D eigenvalue weighted by molar-refractivity contribution is -0.901. The summed E-state index contributed by atoms with van der Waals surface area (Å²) >= 11 is 0. The molecule has 3 unspecified atom stereocenters. The number of alkyl carbamates (subject to hydrolysis) is 2. The number of rotatable bonds is 18. The molecule has 34 rings (SSSR count). The van der Waals surface area contributed by atoms with Crippen molar-refractivity contribution in [1.29, 1.82) is 0 Å². The third kappa shape index (κ3) is 3.61. The Morgan fingerprint density at radius 3 is 0.690 bits per heavy atom. The summed E-state index contributed by atoms with van der Waals surface area (Å²) in [5, 5.41) is 81.6. The van der Waals surface area contributed by atoms with Crippen molar-refractivity contribution >= 4 is 260 Å². The molecule has 100 heavy (non-hydrogen) atoms. The predicted molar refractivity (Wildman–Crippen MR) is 399 cm³/mol. The molecular weight excluding hydrogens is 1240 g/mol. The SMILES string of the molecule is CC(C)(C)OC(=O)NCCOCCOCC[N+]1(C)CC23c4c5c6c7c8c9c%10c%11c%12c%13c%14c(c-5c5c%15c%16c(c%17c%18c2c2c4c7c4c8c7c%10c8c%10c%11c%11c%13c(c%14%15)c%13c%16c%14c%17c%15c%18c%16c2c4c2c7c8c4c(c%162)c%15c2c%14c%13c%11c%10c24)C53C1)C61C[N+](C)(CCOCCOCCNC(=O)OC(C)(C)C)CC9%121. The first kappa shape index (κ1) is 48.7. The highest BCUT2D eigenvalue weighted by atomic mass is 16.6. The topological polar surface area (TPSA) is 114 Å². The fraction of sp³-hybridized carbons (Fsp3) is 0.341. The van der Waals surface area contributed by atoms with Gasteiger partial charge in [-0.05, 0) is 345 Å². The van der Waals surface area contributed by atoms with Gasteiger partial charge in [0, 0.05) is 13.1 Å². The molecule has 2 amide bonds. The molecule has 12 heteroatoms. The molecule has 2 heterocycles. The molecule has 2 saturated heterocycles. The monoisotopic (exact) mass is 1300 g/mol. The molecule has 4 spiro atoms. The highest BCUT2D eigenvalue weighted by Gasteiger charge is 2.83. The van der Waals surface area contributed by atoms with Crippen LogP contribution < -0.4 is 10.6 Å². The number of amides is 2. The first-order chi connectivity index (χ1) is 48.5. The number of ether oxygens (including phenoxy) is 6. The molecule has 24 aromatic carbocycles. The van der Waals surface area contributed by atoms with Crippen LogP contribution in [0.3, 0.4) is 0 Å². The van der Waals surface area contributed by atoms with Crippen molar-refractivity contribution in [3.8, 4) is 11.1 Å². The molecule has 3 atom stereocenters. The Morgan fingerprint density at radius 2 is 0.460 bits per heavy atom. The predicted octanol–water partition coefficient (Wildman–Crippen LogP) is 16.8. The second-order valence-electron chi connectivity index (χ2n) is 37.2. The van der Waals surface area contributed by atoms with Crippen molar-refractivity contribution in [1.82, 2.24) is 10.6 Å². The van der Waals surface area contributed by atoms with Gasteiger partial charge in [-0.1, -0.05) is 0 Å². The maximum Gasteiger partial charge on any atom is 0.407 e. The number of carbonyl (C=O) groups excluding carboxylic acids is 2. The van der Waals surface area contributed by atoms with Gasteiger partial charge >= 0.3 is 12.2 Å². The first-order valence-electron chi connectivity index (χ1n) is 37.4. The number of likely N-dealkylation sites (N-methyl/N-ethyl adjacent to an activating group) is 2. The van der Waals surface area contributed by atoms with Crippen LogP contribution in [0.15, 0.2) is 0 Å². The van der Waals surface area contributed by atoms with E-state index in [1.165, 1.54) is 0 Å². The third-order valence-electron chi connectivity index (χ3n) is 31.5. The average Bonchev–Trinajstić information content (AvgIpc) is 1.37. The van der Waals surface area contributed by atoms with Crippen LogP contribution in [-0.2, 0) is 50.1 Å². The zero-order valence-electron chi connectivity index (χ0n) is 56.5. The van der Waals surface area contributed by atoms with Gasteiger partial charge in [-0.3, -0.25) is 0 Å². The van der Waals surface area contributed by atoms with E-state index < -0.39 is 23.4 Å². The molecule has 10 aliphatic rings. The van der Waals surface area contributed by atoms with Crippen molar-refractivity contribution in [3.63, 3.8) is 0 Å². The van der Waals surface area contributed by atoms with E-state index in [1.54, 1.807) is 303 Å². The highest BCUT2D eigenvalue weighted by molar-refractivity contribution is 6.79. The molecule has 2 fully saturated rings. The van der Waals surface area contributed by atoms with Crippen molar-refractivity contribution in [2.24, 2.45) is 0 Å². The number of nitrogens with one attached hydrogen (secondary N) is 2. The van der Waals surface area contributed by atoms with Gasteiger partial charge < -0.3 is 48.0 Å². The Bertz CT molecular complexity index is 7740. The summed E-state index contributed by atoms with van der Waals surface area (Å²) < 4.78 is 38.8. The maximum absolute atomic E-state index is 12.5. The summed E-state index contributed by atoms with van der Waals surface area (Å²) in [5.41, 5.74) is 15.1. The molecule has 0 saturated carbocycles. The first-order valence-corrected chi connectivity index (χ1v) is 37.4. The van der Waals surface area contributed by atoms with Crippen LogP contribution >= 0.6 is 0 Å². The van der Waals surface area contributed by atoms with Crippen molar-refractivity contribution < 1.29 is 47.0 Å². The summed E-state index contributed by atoms with van der Waals surface area (Å²) in [5.74, 6) is 0. The lowest BCUT2D eigenvalue weighted by atomic mass is 9.49. The molecule has 2 aliphatic heterocycles. The van der Waals surface area contributed by atoms with E-state index in [0.29, 0.717) is 65.9 Å². The Balaban J connectivity index is 0.693. The number of carbonyl (C=O) groups is 2. The molecule has 8 aliphatic carbocycles. The zero-order valence-corrected chi connectivity index (χ0v) is 56.5. The summed E-state index contributed by atoms with van der Waals surface area (Å²) in [6, 6.07) is 0. The van der Waals surface area contributed by atoms with E-state index >= 15 is 0 Å². The molecule has 476 valence electrons. The minimum atomic E-state index is -0.551. The summed E-state index contributed by atoms with van der Waals surface area (Å²) in [6.45, 7) is 22.2. The number of benzene rings is 16. The van der Waals surface area contributed by atoms with E-state index in [4.69, 9.17) is 28.4 Å². The van der Waals surface area contributed by atoms with Crippen LogP contribution in [0.4, 0.5) is 9.59 Å². The third-order valence-corrected chi connectivity index (χ3v) is 31.5. The van der Waals surface area contributed by atoms with Gasteiger partial charge in [-0.15, -0.1) is 0 Å². The number of likely N-dealkylation sites (tertiary alicyclic amines) is 2. The zero-order chi connectivity index (χ0) is 64.5. The van der Waals surface area contributed by atoms with Crippen LogP contribution in [0.1, 0.15) is 86.1 Å². The Labute approximate surface area is 563 Å². The van der Waals surface area contributed by atoms with Crippen LogP contribution in [0, 0.1) is 0 Å². The minimum absolute atomic E-state index is 0.313.